The van der Waals surface area contributed by atoms with Crippen molar-refractivity contribution < 1.29 is 9.53 Å². The number of methoxy groups -OCH3 is 1. The smallest absolute Gasteiger partial charge is 0.338 e. The molecule has 0 amide bonds. The molecule has 0 saturated carbocycles. The van der Waals surface area contributed by atoms with Crippen LogP contribution in [0.15, 0.2) is 99.4 Å². The Balaban J connectivity index is 1.54. The van der Waals surface area contributed by atoms with Crippen molar-refractivity contribution in [3.05, 3.63) is 126 Å². The summed E-state index contributed by atoms with van der Waals surface area (Å²) < 4.78 is 9.11. The Kier molecular flexibility index (Phi) is 7.15. The summed E-state index contributed by atoms with van der Waals surface area (Å²) in [4.78, 5) is 33.3. The average Bonchev–Trinajstić information content (AvgIpc) is 3.72. The van der Waals surface area contributed by atoms with Gasteiger partial charge in [-0.2, -0.15) is 5.10 Å². The van der Waals surface area contributed by atoms with E-state index in [4.69, 9.17) is 9.84 Å². The van der Waals surface area contributed by atoms with E-state index in [2.05, 4.69) is 18.8 Å². The molecule has 4 heterocycles. The lowest BCUT2D eigenvalue weighted by molar-refractivity contribution is -0.136. The minimum atomic E-state index is -0.647. The van der Waals surface area contributed by atoms with Crippen LogP contribution in [0, 0.1) is 0 Å². The Hall–Kier alpha value is -4.34. The van der Waals surface area contributed by atoms with Gasteiger partial charge in [-0.15, -0.1) is 11.3 Å². The average molecular weight is 581 g/mol. The second-order valence-electron chi connectivity index (χ2n) is 10.1. The van der Waals surface area contributed by atoms with Gasteiger partial charge in [0.1, 0.15) is 5.69 Å². The van der Waals surface area contributed by atoms with Crippen LogP contribution in [0.4, 0.5) is 0 Å². The molecule has 0 unspecified atom stereocenters. The second kappa shape index (κ2) is 10.9. The predicted molar refractivity (Wildman–Crippen MR) is 163 cm³/mol. The monoisotopic (exact) mass is 580 g/mol. The van der Waals surface area contributed by atoms with Crippen LogP contribution in [-0.2, 0) is 9.53 Å². The molecule has 1 aliphatic heterocycles. The number of nitrogens with zero attached hydrogens (tertiary/aromatic N) is 4. The van der Waals surface area contributed by atoms with Gasteiger partial charge in [0.25, 0.3) is 5.56 Å². The maximum absolute atomic E-state index is 14.1. The molecule has 206 valence electrons. The molecule has 41 heavy (non-hydrogen) atoms. The van der Waals surface area contributed by atoms with Crippen LogP contribution in [0.25, 0.3) is 22.3 Å². The Morgan fingerprint density at radius 1 is 1.05 bits per heavy atom. The van der Waals surface area contributed by atoms with Crippen LogP contribution in [-0.4, -0.2) is 27.4 Å². The zero-order valence-electron chi connectivity index (χ0n) is 23.1. The molecular formula is C32H28N4O3S2. The van der Waals surface area contributed by atoms with Gasteiger partial charge in [-0.25, -0.2) is 14.5 Å². The number of para-hydroxylation sites is 1. The van der Waals surface area contributed by atoms with Gasteiger partial charge in [0.05, 0.1) is 39.5 Å². The Morgan fingerprint density at radius 2 is 1.80 bits per heavy atom. The Labute approximate surface area is 245 Å². The normalized spacial score (nSPS) is 15.2. The van der Waals surface area contributed by atoms with Crippen molar-refractivity contribution in [2.75, 3.05) is 7.11 Å². The molecule has 3 aromatic heterocycles. The van der Waals surface area contributed by atoms with E-state index in [1.54, 1.807) is 22.8 Å². The number of fused-ring (bicyclic) bond motifs is 1. The molecule has 0 aliphatic carbocycles. The number of carbonyl (C=O) groups is 1. The number of esters is 1. The number of rotatable bonds is 6. The fourth-order valence-electron chi connectivity index (χ4n) is 5.02. The second-order valence-corrected chi connectivity index (χ2v) is 12.0. The summed E-state index contributed by atoms with van der Waals surface area (Å²) in [5.41, 5.74) is 5.23. The number of ether oxygens (including phenoxy) is 1. The van der Waals surface area contributed by atoms with E-state index in [0.29, 0.717) is 26.5 Å². The van der Waals surface area contributed by atoms with Crippen LogP contribution in [0.5, 0.6) is 0 Å². The van der Waals surface area contributed by atoms with Crippen LogP contribution in [0.1, 0.15) is 49.4 Å². The summed E-state index contributed by atoms with van der Waals surface area (Å²) in [6.07, 6.45) is 3.82. The van der Waals surface area contributed by atoms with Crippen LogP contribution >= 0.6 is 22.7 Å². The largest absolute Gasteiger partial charge is 0.466 e. The third kappa shape index (κ3) is 4.92. The highest BCUT2D eigenvalue weighted by molar-refractivity contribution is 7.13. The quantitative estimate of drug-likeness (QED) is 0.251. The lowest BCUT2D eigenvalue weighted by Crippen LogP contribution is -2.39. The summed E-state index contributed by atoms with van der Waals surface area (Å²) in [6.45, 7) is 6.05. The van der Waals surface area contributed by atoms with E-state index in [9.17, 15) is 9.59 Å². The molecular weight excluding hydrogens is 553 g/mol. The van der Waals surface area contributed by atoms with E-state index in [1.807, 2.05) is 89.1 Å². The van der Waals surface area contributed by atoms with Crippen molar-refractivity contribution in [1.29, 1.82) is 0 Å². The van der Waals surface area contributed by atoms with Crippen molar-refractivity contribution in [2.24, 2.45) is 4.99 Å². The third-order valence-electron chi connectivity index (χ3n) is 7.15. The molecule has 0 saturated heterocycles. The van der Waals surface area contributed by atoms with Crippen molar-refractivity contribution in [1.82, 2.24) is 14.3 Å². The molecule has 0 N–H and O–H groups in total. The minimum Gasteiger partial charge on any atom is -0.466 e. The van der Waals surface area contributed by atoms with Gasteiger partial charge in [-0.1, -0.05) is 73.7 Å². The van der Waals surface area contributed by atoms with E-state index in [1.165, 1.54) is 24.0 Å². The highest BCUT2D eigenvalue weighted by Crippen LogP contribution is 2.32. The number of thiophene rings is 1. The van der Waals surface area contributed by atoms with Gasteiger partial charge in [-0.05, 0) is 53.6 Å². The van der Waals surface area contributed by atoms with Crippen molar-refractivity contribution >= 4 is 34.7 Å². The SMILES string of the molecule is COC(=O)C1=C(C)N=c2s/c(=C/c3cn(-c4ccccc4)nc3-c3cccs3)c(=O)n2[C@@H]1c1ccc(C(C)C)cc1. The molecule has 5 aromatic rings. The molecule has 0 fully saturated rings. The summed E-state index contributed by atoms with van der Waals surface area (Å²) in [5, 5.41) is 6.88. The topological polar surface area (TPSA) is 78.5 Å². The highest BCUT2D eigenvalue weighted by Gasteiger charge is 2.33. The van der Waals surface area contributed by atoms with E-state index >= 15 is 0 Å². The number of hydrogen-bond donors (Lipinski definition) is 0. The molecule has 1 aliphatic rings. The van der Waals surface area contributed by atoms with Gasteiger partial charge in [0, 0.05) is 11.8 Å². The fraction of sp³-hybridized carbons (Fsp3) is 0.188. The van der Waals surface area contributed by atoms with Crippen LogP contribution in [0.2, 0.25) is 0 Å². The summed E-state index contributed by atoms with van der Waals surface area (Å²) in [7, 11) is 1.35. The maximum Gasteiger partial charge on any atom is 0.338 e. The molecule has 9 heteroatoms. The van der Waals surface area contributed by atoms with E-state index in [0.717, 1.165) is 27.4 Å². The third-order valence-corrected chi connectivity index (χ3v) is 9.01. The van der Waals surface area contributed by atoms with Crippen LogP contribution in [0.3, 0.4) is 0 Å². The minimum absolute atomic E-state index is 0.217. The summed E-state index contributed by atoms with van der Waals surface area (Å²) >= 11 is 2.90. The van der Waals surface area contributed by atoms with E-state index in [-0.39, 0.29) is 5.56 Å². The number of thiazole rings is 1. The number of benzene rings is 2. The van der Waals surface area contributed by atoms with Crippen molar-refractivity contribution in [3.63, 3.8) is 0 Å². The maximum atomic E-state index is 14.1. The van der Waals surface area contributed by atoms with Crippen molar-refractivity contribution in [3.8, 4) is 16.3 Å². The van der Waals surface area contributed by atoms with E-state index < -0.39 is 12.0 Å². The first-order valence-corrected chi connectivity index (χ1v) is 14.9. The first-order valence-electron chi connectivity index (χ1n) is 13.3. The molecule has 0 spiro atoms. The standard InChI is InChI=1S/C32H28N4O3S2/c1-19(2)21-12-14-22(15-13-21)29-27(31(38)39-4)20(3)33-32-36(29)30(37)26(41-32)17-23-18-35(24-9-6-5-7-10-24)34-28(23)25-11-8-16-40-25/h5-19,29H,1-4H3/b26-17+/t29-/m1/s1. The van der Waals surface area contributed by atoms with Gasteiger partial charge >= 0.3 is 5.97 Å². The zero-order valence-corrected chi connectivity index (χ0v) is 24.7. The number of aromatic nitrogens is 3. The number of carbonyl (C=O) groups excluding carboxylic acids is 1. The van der Waals surface area contributed by atoms with Crippen molar-refractivity contribution in [2.45, 2.75) is 32.7 Å². The predicted octanol–water partition coefficient (Wildman–Crippen LogP) is 5.45. The summed E-state index contributed by atoms with van der Waals surface area (Å²) in [6, 6.07) is 21.3. The van der Waals surface area contributed by atoms with Crippen LogP contribution < -0.4 is 14.9 Å². The Bertz CT molecular complexity index is 1950. The molecule has 0 bridgehead atoms. The molecule has 2 aromatic carbocycles. The fourth-order valence-corrected chi connectivity index (χ4v) is 6.79. The van der Waals surface area contributed by atoms with Gasteiger partial charge in [-0.3, -0.25) is 9.36 Å². The molecule has 7 nitrogen and oxygen atoms in total. The number of hydrogen-bond acceptors (Lipinski definition) is 7. The van der Waals surface area contributed by atoms with Gasteiger partial charge in [0.15, 0.2) is 4.80 Å². The molecule has 1 atom stereocenters. The molecule has 0 radical (unpaired) electrons. The summed E-state index contributed by atoms with van der Waals surface area (Å²) in [5.74, 6) is -0.139. The number of allylic oxidation sites excluding steroid dienone is 1. The van der Waals surface area contributed by atoms with Gasteiger partial charge < -0.3 is 4.74 Å². The molecule has 6 rings (SSSR count). The first-order chi connectivity index (χ1) is 19.9. The Morgan fingerprint density at radius 3 is 2.46 bits per heavy atom. The lowest BCUT2D eigenvalue weighted by atomic mass is 9.93. The highest BCUT2D eigenvalue weighted by atomic mass is 32.1. The first kappa shape index (κ1) is 26.9. The van der Waals surface area contributed by atoms with Gasteiger partial charge in [0.2, 0.25) is 0 Å². The lowest BCUT2D eigenvalue weighted by Gasteiger charge is -2.24. The zero-order chi connectivity index (χ0) is 28.7.